The lowest BCUT2D eigenvalue weighted by atomic mass is 10.0. The minimum atomic E-state index is -1.06. The molecule has 3 aromatic rings. The standard InChI is InChI=1S/C38H51N7O6/c1-25(2)20-29-24-51-33-15-11-10-14-31(33)37(49)41-32(38(50)39-19-18-30-26(3)42-44(6)27(30)4)16-17-35(47)45(21-28-12-8-7-9-13-28)23-36(48)43(5)22-34(46)40-29/h7-15,25,29,32H,16-24H2,1-6H3,(H,39,50)(H,40,46)(H,41,49)/t29-,32-/m0/s1. The molecule has 2 heterocycles. The third kappa shape index (κ3) is 11.1. The number of fused-ring (bicyclic) bond motifs is 1. The highest BCUT2D eigenvalue weighted by atomic mass is 16.5. The molecule has 3 N–H and O–H groups in total. The van der Waals surface area contributed by atoms with Gasteiger partial charge in [0.2, 0.25) is 23.6 Å². The molecule has 0 bridgehead atoms. The molecule has 2 atom stereocenters. The van der Waals surface area contributed by atoms with Gasteiger partial charge in [-0.2, -0.15) is 5.10 Å². The first-order valence-electron chi connectivity index (χ1n) is 17.5. The zero-order chi connectivity index (χ0) is 37.1. The zero-order valence-electron chi connectivity index (χ0n) is 30.5. The van der Waals surface area contributed by atoms with Crippen LogP contribution in [0.1, 0.15) is 66.0 Å². The molecule has 1 aliphatic rings. The van der Waals surface area contributed by atoms with Crippen LogP contribution in [0.2, 0.25) is 0 Å². The molecule has 1 aliphatic heterocycles. The van der Waals surface area contributed by atoms with Crippen molar-refractivity contribution in [1.82, 2.24) is 35.5 Å². The van der Waals surface area contributed by atoms with E-state index in [9.17, 15) is 24.0 Å². The number of nitrogens with zero attached hydrogens (tertiary/aromatic N) is 4. The predicted molar refractivity (Wildman–Crippen MR) is 193 cm³/mol. The maximum absolute atomic E-state index is 13.8. The van der Waals surface area contributed by atoms with Crippen LogP contribution in [0.15, 0.2) is 54.6 Å². The summed E-state index contributed by atoms with van der Waals surface area (Å²) >= 11 is 0. The van der Waals surface area contributed by atoms with Crippen molar-refractivity contribution in [3.63, 3.8) is 0 Å². The van der Waals surface area contributed by atoms with Crippen molar-refractivity contribution in [1.29, 1.82) is 0 Å². The monoisotopic (exact) mass is 701 g/mol. The van der Waals surface area contributed by atoms with Gasteiger partial charge in [0.15, 0.2) is 0 Å². The molecule has 0 unspecified atom stereocenters. The summed E-state index contributed by atoms with van der Waals surface area (Å²) in [7, 11) is 3.40. The van der Waals surface area contributed by atoms with E-state index < -0.39 is 29.8 Å². The lowest BCUT2D eigenvalue weighted by molar-refractivity contribution is -0.142. The fourth-order valence-corrected chi connectivity index (χ4v) is 6.15. The van der Waals surface area contributed by atoms with Crippen LogP contribution in [0.5, 0.6) is 5.75 Å². The molecule has 1 aromatic heterocycles. The van der Waals surface area contributed by atoms with Gasteiger partial charge in [0, 0.05) is 39.3 Å². The van der Waals surface area contributed by atoms with Crippen molar-refractivity contribution < 1.29 is 28.7 Å². The molecule has 13 heteroatoms. The Balaban J connectivity index is 1.63. The molecule has 0 aliphatic carbocycles. The highest BCUT2D eigenvalue weighted by Crippen LogP contribution is 2.20. The van der Waals surface area contributed by atoms with Crippen LogP contribution >= 0.6 is 0 Å². The van der Waals surface area contributed by atoms with Crippen LogP contribution in [0.3, 0.4) is 0 Å². The molecular weight excluding hydrogens is 650 g/mol. The number of carbonyl (C=O) groups is 5. The van der Waals surface area contributed by atoms with Gasteiger partial charge in [0.05, 0.1) is 23.8 Å². The Morgan fingerprint density at radius 1 is 0.961 bits per heavy atom. The average molecular weight is 702 g/mol. The molecule has 5 amide bonds. The number of para-hydroxylation sites is 1. The maximum Gasteiger partial charge on any atom is 0.255 e. The van der Waals surface area contributed by atoms with Crippen LogP contribution in [-0.4, -0.2) is 94.5 Å². The van der Waals surface area contributed by atoms with E-state index in [1.165, 1.54) is 16.8 Å². The highest BCUT2D eigenvalue weighted by Gasteiger charge is 2.28. The van der Waals surface area contributed by atoms with Crippen LogP contribution < -0.4 is 20.7 Å². The summed E-state index contributed by atoms with van der Waals surface area (Å²) in [5.74, 6) is -1.62. The van der Waals surface area contributed by atoms with E-state index in [0.717, 1.165) is 22.5 Å². The van der Waals surface area contributed by atoms with Crippen molar-refractivity contribution in [2.45, 2.75) is 72.0 Å². The number of hydrogen-bond acceptors (Lipinski definition) is 7. The molecule has 0 fully saturated rings. The van der Waals surface area contributed by atoms with E-state index >= 15 is 0 Å². The third-order valence-corrected chi connectivity index (χ3v) is 9.00. The summed E-state index contributed by atoms with van der Waals surface area (Å²) in [6.45, 7) is 8.00. The van der Waals surface area contributed by atoms with Gasteiger partial charge in [-0.1, -0.05) is 56.3 Å². The van der Waals surface area contributed by atoms with Gasteiger partial charge in [0.1, 0.15) is 24.9 Å². The van der Waals surface area contributed by atoms with Crippen LogP contribution in [0, 0.1) is 19.8 Å². The predicted octanol–water partition coefficient (Wildman–Crippen LogP) is 2.68. The molecule has 0 saturated carbocycles. The number of aromatic nitrogens is 2. The van der Waals surface area contributed by atoms with E-state index in [0.29, 0.717) is 25.1 Å². The second kappa shape index (κ2) is 18.2. The van der Waals surface area contributed by atoms with E-state index in [2.05, 4.69) is 21.0 Å². The number of hydrogen-bond donors (Lipinski definition) is 3. The summed E-state index contributed by atoms with van der Waals surface area (Å²) in [5.41, 5.74) is 3.95. The van der Waals surface area contributed by atoms with Gasteiger partial charge < -0.3 is 30.5 Å². The number of rotatable bonds is 8. The molecule has 0 radical (unpaired) electrons. The van der Waals surface area contributed by atoms with Gasteiger partial charge in [-0.25, -0.2) is 0 Å². The minimum absolute atomic E-state index is 0.0153. The number of likely N-dealkylation sites (N-methyl/N-ethyl adjacent to an activating group) is 1. The molecule has 4 rings (SSSR count). The fourth-order valence-electron chi connectivity index (χ4n) is 6.15. The molecular formula is C38H51N7O6. The Kier molecular flexibility index (Phi) is 13.7. The number of carbonyl (C=O) groups excluding carboxylic acids is 5. The molecule has 0 spiro atoms. The van der Waals surface area contributed by atoms with Crippen LogP contribution in [0.4, 0.5) is 0 Å². The molecule has 2 aromatic carbocycles. The first kappa shape index (κ1) is 38.6. The van der Waals surface area contributed by atoms with E-state index in [1.54, 1.807) is 28.9 Å². The maximum atomic E-state index is 13.8. The topological polar surface area (TPSA) is 155 Å². The lowest BCUT2D eigenvalue weighted by Gasteiger charge is -2.27. The second-order valence-corrected chi connectivity index (χ2v) is 13.6. The van der Waals surface area contributed by atoms with Crippen molar-refractivity contribution in [2.75, 3.05) is 33.3 Å². The van der Waals surface area contributed by atoms with Gasteiger partial charge in [-0.3, -0.25) is 28.7 Å². The van der Waals surface area contributed by atoms with Crippen molar-refractivity contribution in [3.05, 3.63) is 82.7 Å². The largest absolute Gasteiger partial charge is 0.491 e. The van der Waals surface area contributed by atoms with Gasteiger partial charge >= 0.3 is 0 Å². The summed E-state index contributed by atoms with van der Waals surface area (Å²) in [6, 6.07) is 14.5. The summed E-state index contributed by atoms with van der Waals surface area (Å²) < 4.78 is 7.91. The Labute approximate surface area is 300 Å². The lowest BCUT2D eigenvalue weighted by Crippen LogP contribution is -2.49. The SMILES string of the molecule is Cc1nn(C)c(C)c1CCNC(=O)[C@@H]1CCC(=O)N(Cc2ccccc2)CC(=O)N(C)CC(=O)N[C@@H](CC(C)C)COc2ccccc2C(=O)N1. The number of aryl methyl sites for hydroxylation is 2. The first-order chi connectivity index (χ1) is 24.3. The third-order valence-electron chi connectivity index (χ3n) is 9.00. The quantitative estimate of drug-likeness (QED) is 0.326. The van der Waals surface area contributed by atoms with Gasteiger partial charge in [-0.15, -0.1) is 0 Å². The van der Waals surface area contributed by atoms with Gasteiger partial charge in [-0.05, 0) is 62.3 Å². The van der Waals surface area contributed by atoms with E-state index in [1.807, 2.05) is 65.1 Å². The number of nitrogens with one attached hydrogen (secondary N) is 3. The first-order valence-corrected chi connectivity index (χ1v) is 17.5. The minimum Gasteiger partial charge on any atom is -0.491 e. The Bertz CT molecular complexity index is 1690. The van der Waals surface area contributed by atoms with E-state index in [-0.39, 0.29) is 62.4 Å². The molecule has 51 heavy (non-hydrogen) atoms. The number of amides is 5. The fraction of sp³-hybridized carbons (Fsp3) is 0.474. The summed E-state index contributed by atoms with van der Waals surface area (Å²) in [5, 5.41) is 13.2. The van der Waals surface area contributed by atoms with E-state index in [4.69, 9.17) is 4.74 Å². The van der Waals surface area contributed by atoms with Crippen molar-refractivity contribution in [2.24, 2.45) is 13.0 Å². The van der Waals surface area contributed by atoms with Gasteiger partial charge in [0.25, 0.3) is 5.91 Å². The summed E-state index contributed by atoms with van der Waals surface area (Å²) in [6.07, 6.45) is 0.997. The average Bonchev–Trinajstić information content (AvgIpc) is 3.33. The van der Waals surface area contributed by atoms with Crippen molar-refractivity contribution >= 4 is 29.5 Å². The Hall–Kier alpha value is -5.20. The molecule has 0 saturated heterocycles. The van der Waals surface area contributed by atoms with Crippen molar-refractivity contribution in [3.8, 4) is 5.75 Å². The second-order valence-electron chi connectivity index (χ2n) is 13.6. The summed E-state index contributed by atoms with van der Waals surface area (Å²) in [4.78, 5) is 70.5. The molecule has 274 valence electrons. The smallest absolute Gasteiger partial charge is 0.255 e. The van der Waals surface area contributed by atoms with Crippen LogP contribution in [0.25, 0.3) is 0 Å². The number of ether oxygens (including phenoxy) is 1. The Morgan fingerprint density at radius 2 is 1.67 bits per heavy atom. The number of benzene rings is 2. The Morgan fingerprint density at radius 3 is 2.35 bits per heavy atom. The van der Waals surface area contributed by atoms with Crippen LogP contribution in [-0.2, 0) is 39.2 Å². The zero-order valence-corrected chi connectivity index (χ0v) is 30.5. The normalized spacial score (nSPS) is 18.3. The highest BCUT2D eigenvalue weighted by molar-refractivity contribution is 5.99. The molecule has 13 nitrogen and oxygen atoms in total.